The van der Waals surface area contributed by atoms with Crippen LogP contribution in [-0.4, -0.2) is 25.5 Å². The van der Waals surface area contributed by atoms with E-state index in [0.29, 0.717) is 0 Å². The van der Waals surface area contributed by atoms with Gasteiger partial charge in [-0.3, -0.25) is 0 Å². The van der Waals surface area contributed by atoms with Crippen molar-refractivity contribution in [2.75, 3.05) is 20.6 Å². The third-order valence-electron chi connectivity index (χ3n) is 2.68. The largest absolute Gasteiger partial charge is 0.456 e. The second-order valence-electron chi connectivity index (χ2n) is 4.53. The summed E-state index contributed by atoms with van der Waals surface area (Å²) in [4.78, 5) is 3.55. The molecule has 2 aromatic rings. The third kappa shape index (κ3) is 3.86. The van der Waals surface area contributed by atoms with Gasteiger partial charge in [0.1, 0.15) is 11.5 Å². The molecule has 0 aliphatic carbocycles. The molecule has 0 saturated carbocycles. The van der Waals surface area contributed by atoms with Crippen molar-refractivity contribution in [1.82, 2.24) is 4.90 Å². The molecule has 0 unspecified atom stereocenters. The zero-order valence-electron chi connectivity index (χ0n) is 10.9. The number of hydrogen-bond donors (Lipinski definition) is 0. The Kier molecular flexibility index (Phi) is 4.79. The molecule has 18 heavy (non-hydrogen) atoms. The van der Waals surface area contributed by atoms with Crippen LogP contribution < -0.4 is 4.74 Å². The Hall–Kier alpha value is -1.32. The van der Waals surface area contributed by atoms with Crippen LogP contribution in [0, 0.1) is 0 Å². The highest BCUT2D eigenvalue weighted by atomic mass is 32.1. The average molecular weight is 261 g/mol. The van der Waals surface area contributed by atoms with E-state index in [1.807, 2.05) is 30.3 Å². The molecule has 0 saturated heterocycles. The zero-order chi connectivity index (χ0) is 12.8. The first kappa shape index (κ1) is 13.1. The Bertz CT molecular complexity index is 464. The van der Waals surface area contributed by atoms with Crippen LogP contribution in [0.15, 0.2) is 41.8 Å². The van der Waals surface area contributed by atoms with Crippen LogP contribution in [0.25, 0.3) is 0 Å². The molecule has 0 atom stereocenters. The second kappa shape index (κ2) is 6.57. The molecule has 96 valence electrons. The van der Waals surface area contributed by atoms with Crippen molar-refractivity contribution in [1.29, 1.82) is 0 Å². The van der Waals surface area contributed by atoms with E-state index in [1.54, 1.807) is 11.3 Å². The first-order chi connectivity index (χ1) is 8.75. The number of nitrogens with zero attached hydrogens (tertiary/aromatic N) is 1. The van der Waals surface area contributed by atoms with Crippen LogP contribution in [-0.2, 0) is 6.42 Å². The number of benzene rings is 1. The van der Waals surface area contributed by atoms with Crippen molar-refractivity contribution < 1.29 is 4.74 Å². The summed E-state index contributed by atoms with van der Waals surface area (Å²) in [6.45, 7) is 1.11. The minimum atomic E-state index is 0.907. The van der Waals surface area contributed by atoms with Gasteiger partial charge in [0.15, 0.2) is 0 Å². The molecule has 0 fully saturated rings. The smallest absolute Gasteiger partial charge is 0.141 e. The van der Waals surface area contributed by atoms with E-state index in [1.165, 1.54) is 11.3 Å². The van der Waals surface area contributed by atoms with Crippen LogP contribution >= 0.6 is 11.3 Å². The van der Waals surface area contributed by atoms with E-state index in [0.717, 1.165) is 24.5 Å². The summed E-state index contributed by atoms with van der Waals surface area (Å²) >= 11 is 1.78. The van der Waals surface area contributed by atoms with Crippen molar-refractivity contribution in [2.24, 2.45) is 0 Å². The predicted octanol–water partition coefficient (Wildman–Crippen LogP) is 4.03. The lowest BCUT2D eigenvalue weighted by Gasteiger charge is -2.09. The van der Waals surface area contributed by atoms with Crippen LogP contribution in [0.2, 0.25) is 0 Å². The van der Waals surface area contributed by atoms with Gasteiger partial charge in [-0.1, -0.05) is 18.2 Å². The van der Waals surface area contributed by atoms with E-state index in [9.17, 15) is 0 Å². The van der Waals surface area contributed by atoms with Crippen molar-refractivity contribution >= 4 is 11.3 Å². The first-order valence-electron chi connectivity index (χ1n) is 6.19. The summed E-state index contributed by atoms with van der Waals surface area (Å²) in [5.41, 5.74) is 0. The Morgan fingerprint density at radius 3 is 2.61 bits per heavy atom. The molecule has 1 aromatic heterocycles. The topological polar surface area (TPSA) is 12.5 Å². The maximum Gasteiger partial charge on any atom is 0.141 e. The number of hydrogen-bond acceptors (Lipinski definition) is 3. The minimum absolute atomic E-state index is 0.907. The molecule has 0 spiro atoms. The SMILES string of the molecule is CN(C)CCCc1sccc1Oc1ccccc1. The maximum absolute atomic E-state index is 5.90. The molecule has 0 amide bonds. The van der Waals surface area contributed by atoms with Gasteiger partial charge in [-0.05, 0) is 57.1 Å². The Balaban J connectivity index is 1.95. The lowest BCUT2D eigenvalue weighted by Crippen LogP contribution is -2.13. The van der Waals surface area contributed by atoms with E-state index in [2.05, 4.69) is 30.4 Å². The molecule has 3 heteroatoms. The number of para-hydroxylation sites is 1. The summed E-state index contributed by atoms with van der Waals surface area (Å²) in [5, 5.41) is 2.10. The second-order valence-corrected chi connectivity index (χ2v) is 5.53. The van der Waals surface area contributed by atoms with Gasteiger partial charge in [-0.25, -0.2) is 0 Å². The molecule has 0 N–H and O–H groups in total. The molecule has 1 aromatic carbocycles. The number of ether oxygens (including phenoxy) is 1. The summed E-state index contributed by atoms with van der Waals surface area (Å²) < 4.78 is 5.90. The fourth-order valence-electron chi connectivity index (χ4n) is 1.77. The van der Waals surface area contributed by atoms with Crippen LogP contribution in [0.4, 0.5) is 0 Å². The van der Waals surface area contributed by atoms with Crippen molar-refractivity contribution in [2.45, 2.75) is 12.8 Å². The minimum Gasteiger partial charge on any atom is -0.456 e. The van der Waals surface area contributed by atoms with Crippen LogP contribution in [0.1, 0.15) is 11.3 Å². The Morgan fingerprint density at radius 1 is 1.11 bits per heavy atom. The van der Waals surface area contributed by atoms with Gasteiger partial charge in [0.2, 0.25) is 0 Å². The van der Waals surface area contributed by atoms with Gasteiger partial charge < -0.3 is 9.64 Å². The third-order valence-corrected chi connectivity index (χ3v) is 3.65. The Labute approximate surface area is 113 Å². The molecular formula is C15H19NOS. The van der Waals surface area contributed by atoms with Gasteiger partial charge in [-0.15, -0.1) is 11.3 Å². The summed E-state index contributed by atoms with van der Waals surface area (Å²) in [7, 11) is 4.21. The molecule has 0 aliphatic heterocycles. The van der Waals surface area contributed by atoms with Crippen LogP contribution in [0.5, 0.6) is 11.5 Å². The molecule has 2 nitrogen and oxygen atoms in total. The van der Waals surface area contributed by atoms with Crippen molar-refractivity contribution in [3.8, 4) is 11.5 Å². The molecule has 1 heterocycles. The number of rotatable bonds is 6. The molecular weight excluding hydrogens is 242 g/mol. The van der Waals surface area contributed by atoms with Crippen LogP contribution in [0.3, 0.4) is 0 Å². The van der Waals surface area contributed by atoms with Gasteiger partial charge >= 0.3 is 0 Å². The maximum atomic E-state index is 5.90. The summed E-state index contributed by atoms with van der Waals surface area (Å²) in [6.07, 6.45) is 2.25. The Morgan fingerprint density at radius 2 is 1.89 bits per heavy atom. The lowest BCUT2D eigenvalue weighted by molar-refractivity contribution is 0.399. The van der Waals surface area contributed by atoms with E-state index in [-0.39, 0.29) is 0 Å². The van der Waals surface area contributed by atoms with Crippen molar-refractivity contribution in [3.05, 3.63) is 46.7 Å². The van der Waals surface area contributed by atoms with Gasteiger partial charge in [0.25, 0.3) is 0 Å². The zero-order valence-corrected chi connectivity index (χ0v) is 11.7. The van der Waals surface area contributed by atoms with Gasteiger partial charge in [0, 0.05) is 4.88 Å². The molecule has 0 radical (unpaired) electrons. The quantitative estimate of drug-likeness (QED) is 0.778. The van der Waals surface area contributed by atoms with Gasteiger partial charge in [-0.2, -0.15) is 0 Å². The highest BCUT2D eigenvalue weighted by molar-refractivity contribution is 7.10. The highest BCUT2D eigenvalue weighted by Crippen LogP contribution is 2.30. The molecule has 0 bridgehead atoms. The summed E-state index contributed by atoms with van der Waals surface area (Å²) in [6, 6.07) is 12.0. The monoisotopic (exact) mass is 261 g/mol. The highest BCUT2D eigenvalue weighted by Gasteiger charge is 2.06. The van der Waals surface area contributed by atoms with Gasteiger partial charge in [0.05, 0.1) is 0 Å². The number of thiophene rings is 1. The molecule has 0 aliphatic rings. The predicted molar refractivity (Wildman–Crippen MR) is 77.7 cm³/mol. The first-order valence-corrected chi connectivity index (χ1v) is 7.07. The van der Waals surface area contributed by atoms with E-state index in [4.69, 9.17) is 4.74 Å². The standard InChI is InChI=1S/C15H19NOS/c1-16(2)11-6-9-15-14(10-12-18-15)17-13-7-4-3-5-8-13/h3-5,7-8,10,12H,6,9,11H2,1-2H3. The lowest BCUT2D eigenvalue weighted by atomic mass is 10.2. The summed E-state index contributed by atoms with van der Waals surface area (Å²) in [5.74, 6) is 1.91. The fraction of sp³-hybridized carbons (Fsp3) is 0.333. The van der Waals surface area contributed by atoms with Crippen molar-refractivity contribution in [3.63, 3.8) is 0 Å². The van der Waals surface area contributed by atoms with E-state index < -0.39 is 0 Å². The van der Waals surface area contributed by atoms with E-state index >= 15 is 0 Å². The molecule has 2 rings (SSSR count). The fourth-order valence-corrected chi connectivity index (χ4v) is 2.62. The normalized spacial score (nSPS) is 10.8. The number of aryl methyl sites for hydroxylation is 1. The average Bonchev–Trinajstić information content (AvgIpc) is 2.78.